The van der Waals surface area contributed by atoms with Gasteiger partial charge in [-0.25, -0.2) is 0 Å². The molecule has 4 rings (SSSR count). The van der Waals surface area contributed by atoms with E-state index in [-0.39, 0.29) is 5.25 Å². The fraction of sp³-hybridized carbons (Fsp3) is 0.348. The first-order valence-electron chi connectivity index (χ1n) is 10.1. The molecule has 0 bridgehead atoms. The van der Waals surface area contributed by atoms with Gasteiger partial charge in [0.15, 0.2) is 11.0 Å². The summed E-state index contributed by atoms with van der Waals surface area (Å²) in [5, 5.41) is 9.69. The van der Waals surface area contributed by atoms with Crippen molar-refractivity contribution in [1.82, 2.24) is 14.8 Å². The molecule has 0 aliphatic heterocycles. The Hall–Kier alpha value is -2.60. The molecule has 1 aliphatic carbocycles. The average Bonchev–Trinajstić information content (AvgIpc) is 3.14. The molecule has 1 fully saturated rings. The van der Waals surface area contributed by atoms with Gasteiger partial charge in [-0.3, -0.25) is 9.36 Å². The molecule has 1 aliphatic rings. The molecular weight excluding hydrogens is 382 g/mol. The summed E-state index contributed by atoms with van der Waals surface area (Å²) < 4.78 is 7.64. The Morgan fingerprint density at radius 3 is 2.69 bits per heavy atom. The number of thioether (sulfide) groups is 1. The maximum absolute atomic E-state index is 12.4. The van der Waals surface area contributed by atoms with Crippen LogP contribution in [0.4, 0.5) is 0 Å². The van der Waals surface area contributed by atoms with Gasteiger partial charge in [-0.05, 0) is 57.0 Å². The Balaban J connectivity index is 1.76. The SMILES string of the molecule is CCOc1ccc(-n2c(SC3CCCCC3=O)nnc2-c2cccc(C)c2)cc1. The molecule has 1 unspecified atom stereocenters. The average molecular weight is 408 g/mol. The van der Waals surface area contributed by atoms with Crippen molar-refractivity contribution in [1.29, 1.82) is 0 Å². The largest absolute Gasteiger partial charge is 0.494 e. The molecular formula is C23H25N3O2S. The van der Waals surface area contributed by atoms with Crippen LogP contribution in [0.1, 0.15) is 38.2 Å². The van der Waals surface area contributed by atoms with Crippen LogP contribution < -0.4 is 4.74 Å². The van der Waals surface area contributed by atoms with Crippen LogP contribution in [0.3, 0.4) is 0 Å². The van der Waals surface area contributed by atoms with Crippen molar-refractivity contribution in [2.45, 2.75) is 49.9 Å². The summed E-state index contributed by atoms with van der Waals surface area (Å²) in [4.78, 5) is 12.4. The maximum Gasteiger partial charge on any atom is 0.196 e. The summed E-state index contributed by atoms with van der Waals surface area (Å²) in [6.45, 7) is 4.67. The summed E-state index contributed by atoms with van der Waals surface area (Å²) >= 11 is 1.54. The number of ether oxygens (including phenoxy) is 1. The van der Waals surface area contributed by atoms with Crippen molar-refractivity contribution in [2.75, 3.05) is 6.61 Å². The number of rotatable bonds is 6. The quantitative estimate of drug-likeness (QED) is 0.559. The van der Waals surface area contributed by atoms with Crippen molar-refractivity contribution in [3.8, 4) is 22.8 Å². The van der Waals surface area contributed by atoms with Crippen LogP contribution in [0.5, 0.6) is 5.75 Å². The molecule has 0 amide bonds. The van der Waals surface area contributed by atoms with Gasteiger partial charge in [0.1, 0.15) is 11.5 Å². The Morgan fingerprint density at radius 2 is 1.97 bits per heavy atom. The standard InChI is InChI=1S/C23H25N3O2S/c1-3-28-19-13-11-18(12-14-19)26-22(17-8-6-7-16(2)15-17)24-25-23(26)29-21-10-5-4-9-20(21)27/h6-8,11-15,21H,3-5,9-10H2,1-2H3. The van der Waals surface area contributed by atoms with Gasteiger partial charge in [0, 0.05) is 17.7 Å². The van der Waals surface area contributed by atoms with Crippen LogP contribution >= 0.6 is 11.8 Å². The van der Waals surface area contributed by atoms with E-state index in [4.69, 9.17) is 4.74 Å². The van der Waals surface area contributed by atoms with Crippen LogP contribution in [-0.4, -0.2) is 32.4 Å². The molecule has 1 saturated carbocycles. The molecule has 0 radical (unpaired) electrons. The number of nitrogens with zero attached hydrogens (tertiary/aromatic N) is 3. The molecule has 3 aromatic rings. The molecule has 1 heterocycles. The second kappa shape index (κ2) is 8.82. The van der Waals surface area contributed by atoms with E-state index >= 15 is 0 Å². The van der Waals surface area contributed by atoms with Crippen molar-refractivity contribution in [3.05, 3.63) is 54.1 Å². The first kappa shape index (κ1) is 19.7. The number of hydrogen-bond donors (Lipinski definition) is 0. The summed E-state index contributed by atoms with van der Waals surface area (Å²) in [5.74, 6) is 1.93. The van der Waals surface area contributed by atoms with E-state index in [0.29, 0.717) is 18.8 Å². The molecule has 1 aromatic heterocycles. The number of ketones is 1. The van der Waals surface area contributed by atoms with Gasteiger partial charge in [0.2, 0.25) is 0 Å². The van der Waals surface area contributed by atoms with Crippen LogP contribution in [0.2, 0.25) is 0 Å². The van der Waals surface area contributed by atoms with E-state index in [0.717, 1.165) is 47.2 Å². The van der Waals surface area contributed by atoms with Crippen LogP contribution in [0.25, 0.3) is 17.1 Å². The van der Waals surface area contributed by atoms with Crippen molar-refractivity contribution in [3.63, 3.8) is 0 Å². The molecule has 0 spiro atoms. The van der Waals surface area contributed by atoms with Gasteiger partial charge in [0.05, 0.1) is 11.9 Å². The molecule has 0 saturated heterocycles. The van der Waals surface area contributed by atoms with E-state index in [2.05, 4.69) is 33.8 Å². The number of aromatic nitrogens is 3. The fourth-order valence-electron chi connectivity index (χ4n) is 3.61. The molecule has 0 N–H and O–H groups in total. The number of carbonyl (C=O) groups excluding carboxylic acids is 1. The van der Waals surface area contributed by atoms with Gasteiger partial charge in [0.25, 0.3) is 0 Å². The minimum atomic E-state index is -0.0419. The molecule has 1 atom stereocenters. The van der Waals surface area contributed by atoms with Crippen molar-refractivity contribution < 1.29 is 9.53 Å². The zero-order valence-electron chi connectivity index (χ0n) is 16.8. The highest BCUT2D eigenvalue weighted by atomic mass is 32.2. The number of carbonyl (C=O) groups is 1. The van der Waals surface area contributed by atoms with E-state index in [1.54, 1.807) is 0 Å². The molecule has 29 heavy (non-hydrogen) atoms. The Morgan fingerprint density at radius 1 is 1.14 bits per heavy atom. The predicted octanol–water partition coefficient (Wildman–Crippen LogP) is 5.25. The number of hydrogen-bond acceptors (Lipinski definition) is 5. The third kappa shape index (κ3) is 4.37. The minimum absolute atomic E-state index is 0.0419. The third-order valence-corrected chi connectivity index (χ3v) is 6.32. The minimum Gasteiger partial charge on any atom is -0.494 e. The highest BCUT2D eigenvalue weighted by Crippen LogP contribution is 2.35. The summed E-state index contributed by atoms with van der Waals surface area (Å²) in [6.07, 6.45) is 3.65. The normalized spacial score (nSPS) is 16.8. The topological polar surface area (TPSA) is 57.0 Å². The fourth-order valence-corrected chi connectivity index (χ4v) is 4.78. The first-order chi connectivity index (χ1) is 14.2. The smallest absolute Gasteiger partial charge is 0.196 e. The van der Waals surface area contributed by atoms with Gasteiger partial charge in [-0.1, -0.05) is 41.9 Å². The summed E-state index contributed by atoms with van der Waals surface area (Å²) in [5.41, 5.74) is 3.13. The van der Waals surface area contributed by atoms with E-state index in [1.165, 1.54) is 17.3 Å². The zero-order valence-corrected chi connectivity index (χ0v) is 17.6. The van der Waals surface area contributed by atoms with Gasteiger partial charge < -0.3 is 4.74 Å². The molecule has 2 aromatic carbocycles. The van der Waals surface area contributed by atoms with Crippen molar-refractivity contribution in [2.24, 2.45) is 0 Å². The predicted molar refractivity (Wildman–Crippen MR) is 116 cm³/mol. The Kier molecular flexibility index (Phi) is 6.00. The Bertz CT molecular complexity index is 998. The lowest BCUT2D eigenvalue weighted by Gasteiger charge is -2.20. The van der Waals surface area contributed by atoms with E-state index in [9.17, 15) is 4.79 Å². The van der Waals surface area contributed by atoms with Crippen LogP contribution in [0, 0.1) is 6.92 Å². The Labute approximate surface area is 175 Å². The lowest BCUT2D eigenvalue weighted by Crippen LogP contribution is -2.21. The highest BCUT2D eigenvalue weighted by Gasteiger charge is 2.27. The molecule has 6 heteroatoms. The number of aryl methyl sites for hydroxylation is 1. The number of benzene rings is 2. The van der Waals surface area contributed by atoms with Crippen LogP contribution in [-0.2, 0) is 4.79 Å². The van der Waals surface area contributed by atoms with Gasteiger partial charge >= 0.3 is 0 Å². The van der Waals surface area contributed by atoms with Crippen LogP contribution in [0.15, 0.2) is 53.7 Å². The first-order valence-corrected chi connectivity index (χ1v) is 11.0. The van der Waals surface area contributed by atoms with Crippen molar-refractivity contribution >= 4 is 17.5 Å². The third-order valence-electron chi connectivity index (χ3n) is 5.06. The second-order valence-electron chi connectivity index (χ2n) is 7.26. The highest BCUT2D eigenvalue weighted by molar-refractivity contribution is 8.00. The molecule has 150 valence electrons. The van der Waals surface area contributed by atoms with Gasteiger partial charge in [-0.2, -0.15) is 0 Å². The second-order valence-corrected chi connectivity index (χ2v) is 8.43. The monoisotopic (exact) mass is 407 g/mol. The van der Waals surface area contributed by atoms with E-state index in [1.807, 2.05) is 43.3 Å². The maximum atomic E-state index is 12.4. The van der Waals surface area contributed by atoms with Gasteiger partial charge in [-0.15, -0.1) is 10.2 Å². The number of Topliss-reactive ketones (excluding diaryl/α,β-unsaturated/α-hetero) is 1. The molecule has 5 nitrogen and oxygen atoms in total. The lowest BCUT2D eigenvalue weighted by atomic mass is 9.99. The summed E-state index contributed by atoms with van der Waals surface area (Å²) in [7, 11) is 0. The summed E-state index contributed by atoms with van der Waals surface area (Å²) in [6, 6.07) is 16.2. The zero-order chi connectivity index (χ0) is 20.2. The van der Waals surface area contributed by atoms with E-state index < -0.39 is 0 Å². The lowest BCUT2D eigenvalue weighted by molar-refractivity contribution is -0.119.